The van der Waals surface area contributed by atoms with Crippen LogP contribution in [0.25, 0.3) is 0 Å². The maximum atomic E-state index is 6.11. The minimum absolute atomic E-state index is 0.240. The first kappa shape index (κ1) is 13.9. The lowest BCUT2D eigenvalue weighted by molar-refractivity contribution is 0.109. The maximum absolute atomic E-state index is 6.11. The van der Waals surface area contributed by atoms with Crippen LogP contribution in [0.3, 0.4) is 0 Å². The molecule has 0 aliphatic heterocycles. The van der Waals surface area contributed by atoms with Crippen LogP contribution in [0.2, 0.25) is 5.04 Å². The number of pyridine rings is 1. The molecule has 0 atom stereocenters. The van der Waals surface area contributed by atoms with Gasteiger partial charge in [-0.15, -0.1) is 0 Å². The number of halogens is 1. The molecule has 1 rings (SSSR count). The zero-order valence-corrected chi connectivity index (χ0v) is 13.7. The van der Waals surface area contributed by atoms with Gasteiger partial charge >= 0.3 is 0 Å². The Kier molecular flexibility index (Phi) is 4.32. The highest BCUT2D eigenvalue weighted by Crippen LogP contribution is 2.29. The third kappa shape index (κ3) is 4.35. The molecule has 0 aliphatic rings. The molecule has 0 amide bonds. The molecule has 0 unspecified atom stereocenters. The van der Waals surface area contributed by atoms with Crippen LogP contribution in [0.4, 0.5) is 0 Å². The number of aromatic nitrogens is 1. The zero-order valence-electron chi connectivity index (χ0n) is 10.7. The molecule has 0 saturated carbocycles. The molecule has 90 valence electrons. The monoisotopic (exact) mass is 301 g/mol. The van der Waals surface area contributed by atoms with E-state index in [-0.39, 0.29) is 5.60 Å². The van der Waals surface area contributed by atoms with Crippen molar-refractivity contribution in [2.75, 3.05) is 0 Å². The summed E-state index contributed by atoms with van der Waals surface area (Å²) in [6, 6.07) is 2.07. The predicted octanol–water partition coefficient (Wildman–Crippen LogP) is 3.40. The van der Waals surface area contributed by atoms with Crippen molar-refractivity contribution in [3.8, 4) is 0 Å². The van der Waals surface area contributed by atoms with E-state index in [0.29, 0.717) is 5.04 Å². The summed E-state index contributed by atoms with van der Waals surface area (Å²) in [5, 5.41) is 0.316. The lowest BCUT2D eigenvalue weighted by Crippen LogP contribution is -2.27. The van der Waals surface area contributed by atoms with Gasteiger partial charge in [0.1, 0.15) is 0 Å². The molecule has 0 radical (unpaired) electrons. The van der Waals surface area contributed by atoms with Gasteiger partial charge in [0, 0.05) is 22.4 Å². The lowest BCUT2D eigenvalue weighted by atomic mass is 10.0. The quantitative estimate of drug-likeness (QED) is 0.798. The number of hydrogen-bond acceptors (Lipinski definition) is 2. The second-order valence-electron chi connectivity index (χ2n) is 5.75. The minimum Gasteiger partial charge on any atom is -0.414 e. The van der Waals surface area contributed by atoms with Gasteiger partial charge in [-0.25, -0.2) is 0 Å². The summed E-state index contributed by atoms with van der Waals surface area (Å²) in [5.41, 5.74) is 0.884. The van der Waals surface area contributed by atoms with Gasteiger partial charge in [0.2, 0.25) is 0 Å². The van der Waals surface area contributed by atoms with Gasteiger partial charge in [-0.05, 0) is 40.9 Å². The molecule has 16 heavy (non-hydrogen) atoms. The van der Waals surface area contributed by atoms with Crippen LogP contribution in [0.1, 0.15) is 40.2 Å². The van der Waals surface area contributed by atoms with Crippen molar-refractivity contribution in [1.82, 2.24) is 4.98 Å². The van der Waals surface area contributed by atoms with Crippen LogP contribution in [0.15, 0.2) is 22.9 Å². The van der Waals surface area contributed by atoms with Crippen LogP contribution in [-0.4, -0.2) is 14.7 Å². The highest BCUT2D eigenvalue weighted by molar-refractivity contribution is 9.10. The molecule has 0 N–H and O–H groups in total. The van der Waals surface area contributed by atoms with Gasteiger partial charge in [0.05, 0.1) is 5.60 Å². The molecule has 0 bridgehead atoms. The fourth-order valence-electron chi connectivity index (χ4n) is 1.22. The second kappa shape index (κ2) is 4.98. The lowest BCUT2D eigenvalue weighted by Gasteiger charge is -2.30. The van der Waals surface area contributed by atoms with Crippen molar-refractivity contribution < 1.29 is 4.43 Å². The van der Waals surface area contributed by atoms with Crippen LogP contribution >= 0.6 is 15.9 Å². The van der Waals surface area contributed by atoms with Gasteiger partial charge < -0.3 is 4.43 Å². The van der Waals surface area contributed by atoms with E-state index < -0.39 is 9.76 Å². The Balaban J connectivity index is 2.77. The van der Waals surface area contributed by atoms with Crippen LogP contribution in [-0.2, 0) is 10.0 Å². The number of hydrogen-bond donors (Lipinski definition) is 0. The van der Waals surface area contributed by atoms with E-state index in [4.69, 9.17) is 4.43 Å². The number of nitrogens with zero attached hydrogens (tertiary/aromatic N) is 1. The summed E-state index contributed by atoms with van der Waals surface area (Å²) < 4.78 is 7.11. The summed E-state index contributed by atoms with van der Waals surface area (Å²) in [6.07, 6.45) is 3.67. The zero-order chi connectivity index (χ0) is 12.4. The van der Waals surface area contributed by atoms with Crippen molar-refractivity contribution >= 4 is 25.7 Å². The summed E-state index contributed by atoms with van der Waals surface area (Å²) in [5.74, 6) is 0. The van der Waals surface area contributed by atoms with Crippen molar-refractivity contribution in [1.29, 1.82) is 0 Å². The molecule has 0 aromatic carbocycles. The molecule has 0 spiro atoms. The first-order valence-corrected chi connectivity index (χ1v) is 7.53. The fourth-order valence-corrected chi connectivity index (χ4v) is 2.55. The summed E-state index contributed by atoms with van der Waals surface area (Å²) in [4.78, 5) is 4.18. The summed E-state index contributed by atoms with van der Waals surface area (Å²) in [7, 11) is -0.554. The Morgan fingerprint density at radius 2 is 1.81 bits per heavy atom. The maximum Gasteiger partial charge on any atom is 0.168 e. The average Bonchev–Trinajstić information content (AvgIpc) is 2.14. The van der Waals surface area contributed by atoms with Crippen molar-refractivity contribution in [3.63, 3.8) is 0 Å². The van der Waals surface area contributed by atoms with E-state index in [1.165, 1.54) is 0 Å². The van der Waals surface area contributed by atoms with Gasteiger partial charge in [0.15, 0.2) is 9.76 Å². The Morgan fingerprint density at radius 1 is 1.19 bits per heavy atom. The molecular weight excluding hydrogens is 282 g/mol. The van der Waals surface area contributed by atoms with Gasteiger partial charge in [-0.3, -0.25) is 4.98 Å². The first-order chi connectivity index (χ1) is 7.21. The normalized spacial score (nSPS) is 13.6. The van der Waals surface area contributed by atoms with Gasteiger partial charge in [-0.1, -0.05) is 20.8 Å². The Labute approximate surface area is 109 Å². The Hall–Kier alpha value is -0.193. The SMILES string of the molecule is CC(C)(C)[SiH2]OC(C)(C)c1cncc(Br)c1. The van der Waals surface area contributed by atoms with Crippen LogP contribution in [0.5, 0.6) is 0 Å². The first-order valence-electron chi connectivity index (χ1n) is 5.46. The molecule has 0 saturated heterocycles. The standard InChI is InChI=1S/C12H20BrNOSi/c1-11(2,3)16-15-12(4,5)9-6-10(13)8-14-7-9/h6-8H,16H2,1-5H3. The van der Waals surface area contributed by atoms with Gasteiger partial charge in [-0.2, -0.15) is 0 Å². The van der Waals surface area contributed by atoms with Crippen molar-refractivity contribution in [3.05, 3.63) is 28.5 Å². The van der Waals surface area contributed by atoms with Crippen LogP contribution < -0.4 is 0 Å². The van der Waals surface area contributed by atoms with Crippen molar-refractivity contribution in [2.45, 2.75) is 45.3 Å². The third-order valence-electron chi connectivity index (χ3n) is 2.27. The van der Waals surface area contributed by atoms with Gasteiger partial charge in [0.25, 0.3) is 0 Å². The molecule has 1 heterocycles. The van der Waals surface area contributed by atoms with E-state index in [2.05, 4.69) is 61.6 Å². The average molecular weight is 302 g/mol. The molecule has 4 heteroatoms. The predicted molar refractivity (Wildman–Crippen MR) is 74.3 cm³/mol. The van der Waals surface area contributed by atoms with E-state index in [0.717, 1.165) is 10.0 Å². The topological polar surface area (TPSA) is 22.1 Å². The fraction of sp³-hybridized carbons (Fsp3) is 0.583. The van der Waals surface area contributed by atoms with E-state index in [9.17, 15) is 0 Å². The highest BCUT2D eigenvalue weighted by Gasteiger charge is 2.24. The smallest absolute Gasteiger partial charge is 0.168 e. The highest BCUT2D eigenvalue weighted by atomic mass is 79.9. The molecule has 1 aromatic rings. The Bertz CT molecular complexity index is 360. The molecule has 0 fully saturated rings. The molecular formula is C12H20BrNOSi. The minimum atomic E-state index is -0.554. The summed E-state index contributed by atoms with van der Waals surface area (Å²) >= 11 is 3.44. The molecule has 0 aliphatic carbocycles. The third-order valence-corrected chi connectivity index (χ3v) is 4.43. The van der Waals surface area contributed by atoms with Crippen molar-refractivity contribution in [2.24, 2.45) is 0 Å². The Morgan fingerprint density at radius 3 is 2.31 bits per heavy atom. The summed E-state index contributed by atoms with van der Waals surface area (Å²) in [6.45, 7) is 10.9. The molecule has 2 nitrogen and oxygen atoms in total. The van der Waals surface area contributed by atoms with E-state index in [1.54, 1.807) is 6.20 Å². The van der Waals surface area contributed by atoms with Crippen LogP contribution in [0, 0.1) is 0 Å². The number of rotatable bonds is 3. The largest absolute Gasteiger partial charge is 0.414 e. The van der Waals surface area contributed by atoms with E-state index >= 15 is 0 Å². The molecule has 1 aromatic heterocycles. The second-order valence-corrected chi connectivity index (χ2v) is 9.37. The van der Waals surface area contributed by atoms with E-state index in [1.807, 2.05) is 6.20 Å².